The Morgan fingerprint density at radius 3 is 3.20 bits per heavy atom. The van der Waals surface area contributed by atoms with Gasteiger partial charge in [-0.05, 0) is 41.7 Å². The summed E-state index contributed by atoms with van der Waals surface area (Å²) in [6.07, 6.45) is 7.34. The van der Waals surface area contributed by atoms with Crippen LogP contribution in [-0.4, -0.2) is 28.9 Å². The zero-order valence-electron chi connectivity index (χ0n) is 12.0. The van der Waals surface area contributed by atoms with E-state index in [0.717, 1.165) is 38.0 Å². The molecule has 5 nitrogen and oxygen atoms in total. The third-order valence-corrected chi connectivity index (χ3v) is 4.38. The number of aryl methyl sites for hydroxylation is 1. The van der Waals surface area contributed by atoms with E-state index in [1.165, 1.54) is 17.5 Å². The first-order valence-electron chi connectivity index (χ1n) is 7.45. The first-order valence-corrected chi connectivity index (χ1v) is 8.24. The minimum absolute atomic E-state index is 0.0509. The molecular formula is C14H23BrN4O. The molecule has 1 aromatic heterocycles. The van der Waals surface area contributed by atoms with E-state index in [4.69, 9.17) is 0 Å². The van der Waals surface area contributed by atoms with E-state index in [1.54, 1.807) is 6.20 Å². The Balaban J connectivity index is 2.08. The summed E-state index contributed by atoms with van der Waals surface area (Å²) >= 11 is 3.41. The zero-order valence-corrected chi connectivity index (χ0v) is 13.6. The van der Waals surface area contributed by atoms with Crippen LogP contribution in [0.5, 0.6) is 0 Å². The molecule has 1 fully saturated rings. The van der Waals surface area contributed by atoms with Gasteiger partial charge in [0, 0.05) is 19.1 Å². The maximum absolute atomic E-state index is 12.2. The maximum Gasteiger partial charge on any atom is 0.283 e. The molecule has 0 saturated carbocycles. The normalized spacial score (nSPS) is 19.6. The minimum Gasteiger partial charge on any atom is -0.379 e. The zero-order chi connectivity index (χ0) is 14.4. The number of hydrogen-bond acceptors (Lipinski definition) is 4. The molecule has 1 aliphatic rings. The number of anilines is 1. The molecule has 0 amide bonds. The van der Waals surface area contributed by atoms with E-state index in [-0.39, 0.29) is 5.56 Å². The molecular weight excluding hydrogens is 320 g/mol. The Kier molecular flexibility index (Phi) is 6.04. The average molecular weight is 343 g/mol. The number of unbranched alkanes of at least 4 members (excludes halogenated alkanes) is 1. The Labute approximate surface area is 128 Å². The maximum atomic E-state index is 12.2. The van der Waals surface area contributed by atoms with Gasteiger partial charge in [-0.1, -0.05) is 19.8 Å². The molecule has 1 aliphatic heterocycles. The molecule has 0 spiro atoms. The molecule has 2 heterocycles. The Bertz CT molecular complexity index is 481. The molecule has 0 bridgehead atoms. The lowest BCUT2D eigenvalue weighted by Gasteiger charge is -2.18. The van der Waals surface area contributed by atoms with Crippen molar-refractivity contribution in [3.05, 3.63) is 21.0 Å². The van der Waals surface area contributed by atoms with Gasteiger partial charge in [0.25, 0.3) is 5.56 Å². The third-order valence-electron chi connectivity index (χ3n) is 3.61. The molecule has 1 atom stereocenters. The van der Waals surface area contributed by atoms with E-state index in [1.807, 2.05) is 0 Å². The number of rotatable bonds is 5. The van der Waals surface area contributed by atoms with Gasteiger partial charge in [0.2, 0.25) is 0 Å². The van der Waals surface area contributed by atoms with Crippen molar-refractivity contribution in [2.24, 2.45) is 0 Å². The number of nitrogens with one attached hydrogen (secondary N) is 2. The fourth-order valence-corrected chi connectivity index (χ4v) is 2.82. The van der Waals surface area contributed by atoms with Gasteiger partial charge in [0.15, 0.2) is 0 Å². The van der Waals surface area contributed by atoms with Crippen molar-refractivity contribution in [1.82, 2.24) is 15.1 Å². The molecule has 1 unspecified atom stereocenters. The minimum atomic E-state index is -0.0509. The van der Waals surface area contributed by atoms with Crippen molar-refractivity contribution in [3.8, 4) is 0 Å². The van der Waals surface area contributed by atoms with Gasteiger partial charge < -0.3 is 10.6 Å². The van der Waals surface area contributed by atoms with Crippen molar-refractivity contribution in [3.63, 3.8) is 0 Å². The van der Waals surface area contributed by atoms with Gasteiger partial charge in [-0.15, -0.1) is 0 Å². The standard InChI is InChI=1S/C14H23BrN4O/c1-2-3-8-19-14(20)13(15)12(10-17-19)18-11-6-4-5-7-16-9-11/h10-11,16,18H,2-9H2,1H3. The lowest BCUT2D eigenvalue weighted by molar-refractivity contribution is 0.540. The summed E-state index contributed by atoms with van der Waals surface area (Å²) in [7, 11) is 0. The molecule has 0 aromatic carbocycles. The van der Waals surface area contributed by atoms with E-state index < -0.39 is 0 Å². The third kappa shape index (κ3) is 4.06. The van der Waals surface area contributed by atoms with Crippen LogP contribution in [0.4, 0.5) is 5.69 Å². The van der Waals surface area contributed by atoms with Gasteiger partial charge in [0.05, 0.1) is 11.9 Å². The van der Waals surface area contributed by atoms with Gasteiger partial charge in [-0.3, -0.25) is 4.79 Å². The van der Waals surface area contributed by atoms with Gasteiger partial charge in [-0.2, -0.15) is 5.10 Å². The van der Waals surface area contributed by atoms with Crippen molar-refractivity contribution in [1.29, 1.82) is 0 Å². The van der Waals surface area contributed by atoms with E-state index in [9.17, 15) is 4.79 Å². The smallest absolute Gasteiger partial charge is 0.283 e. The summed E-state index contributed by atoms with van der Waals surface area (Å²) in [6.45, 7) is 4.80. The first kappa shape index (κ1) is 15.5. The highest BCUT2D eigenvalue weighted by atomic mass is 79.9. The van der Waals surface area contributed by atoms with Crippen molar-refractivity contribution < 1.29 is 0 Å². The largest absolute Gasteiger partial charge is 0.379 e. The van der Waals surface area contributed by atoms with E-state index in [0.29, 0.717) is 17.1 Å². The number of halogens is 1. The monoisotopic (exact) mass is 342 g/mol. The Morgan fingerprint density at radius 1 is 1.55 bits per heavy atom. The van der Waals surface area contributed by atoms with Crippen LogP contribution in [0.15, 0.2) is 15.5 Å². The quantitative estimate of drug-likeness (QED) is 0.862. The topological polar surface area (TPSA) is 59.0 Å². The molecule has 1 aromatic rings. The summed E-state index contributed by atoms with van der Waals surface area (Å²) in [5.74, 6) is 0. The molecule has 20 heavy (non-hydrogen) atoms. The van der Waals surface area contributed by atoms with Crippen LogP contribution in [0, 0.1) is 0 Å². The number of aromatic nitrogens is 2. The summed E-state index contributed by atoms with van der Waals surface area (Å²) in [6, 6.07) is 0.362. The van der Waals surface area contributed by atoms with E-state index in [2.05, 4.69) is 38.6 Å². The first-order chi connectivity index (χ1) is 9.72. The summed E-state index contributed by atoms with van der Waals surface area (Å²) in [4.78, 5) is 12.2. The lowest BCUT2D eigenvalue weighted by atomic mass is 10.1. The second-order valence-corrected chi connectivity index (χ2v) is 6.09. The number of hydrogen-bond donors (Lipinski definition) is 2. The fraction of sp³-hybridized carbons (Fsp3) is 0.714. The van der Waals surface area contributed by atoms with Crippen molar-refractivity contribution in [2.75, 3.05) is 18.4 Å². The Morgan fingerprint density at radius 2 is 2.40 bits per heavy atom. The van der Waals surface area contributed by atoms with Crippen molar-refractivity contribution in [2.45, 2.75) is 51.6 Å². The molecule has 112 valence electrons. The second kappa shape index (κ2) is 7.78. The molecule has 0 radical (unpaired) electrons. The van der Waals surface area contributed by atoms with Crippen LogP contribution in [-0.2, 0) is 6.54 Å². The van der Waals surface area contributed by atoms with Crippen molar-refractivity contribution >= 4 is 21.6 Å². The summed E-state index contributed by atoms with van der Waals surface area (Å²) in [5.41, 5.74) is 0.751. The molecule has 1 saturated heterocycles. The summed E-state index contributed by atoms with van der Waals surface area (Å²) in [5, 5.41) is 11.1. The van der Waals surface area contributed by atoms with Gasteiger partial charge >= 0.3 is 0 Å². The highest BCUT2D eigenvalue weighted by Crippen LogP contribution is 2.19. The lowest BCUT2D eigenvalue weighted by Crippen LogP contribution is -2.32. The second-order valence-electron chi connectivity index (χ2n) is 5.30. The highest BCUT2D eigenvalue weighted by molar-refractivity contribution is 9.10. The summed E-state index contributed by atoms with van der Waals surface area (Å²) < 4.78 is 2.12. The Hall–Kier alpha value is -0.880. The van der Waals surface area contributed by atoms with Crippen LogP contribution in [0.25, 0.3) is 0 Å². The highest BCUT2D eigenvalue weighted by Gasteiger charge is 2.15. The van der Waals surface area contributed by atoms with Gasteiger partial charge in [0.1, 0.15) is 4.47 Å². The van der Waals surface area contributed by atoms with Crippen LogP contribution < -0.4 is 16.2 Å². The SMILES string of the molecule is CCCCn1ncc(NC2CCCCNC2)c(Br)c1=O. The van der Waals surface area contributed by atoms with Crippen LogP contribution >= 0.6 is 15.9 Å². The number of nitrogens with zero attached hydrogens (tertiary/aromatic N) is 2. The predicted molar refractivity (Wildman–Crippen MR) is 85.2 cm³/mol. The van der Waals surface area contributed by atoms with E-state index >= 15 is 0 Å². The fourth-order valence-electron chi connectivity index (χ4n) is 2.40. The van der Waals surface area contributed by atoms with Crippen LogP contribution in [0.2, 0.25) is 0 Å². The molecule has 0 aliphatic carbocycles. The van der Waals surface area contributed by atoms with Crippen LogP contribution in [0.3, 0.4) is 0 Å². The molecule has 2 N–H and O–H groups in total. The average Bonchev–Trinajstić information content (AvgIpc) is 2.72. The van der Waals surface area contributed by atoms with Crippen LogP contribution in [0.1, 0.15) is 39.0 Å². The predicted octanol–water partition coefficient (Wildman–Crippen LogP) is 2.36. The van der Waals surface area contributed by atoms with Gasteiger partial charge in [-0.25, -0.2) is 4.68 Å². The molecule has 6 heteroatoms. The molecule has 2 rings (SSSR count).